The Bertz CT molecular complexity index is 3140. The van der Waals surface area contributed by atoms with Gasteiger partial charge in [-0.25, -0.2) is 9.97 Å². The van der Waals surface area contributed by atoms with Gasteiger partial charge in [-0.05, 0) is 65.7 Å². The average Bonchev–Trinajstić information content (AvgIpc) is 3.91. The molecule has 4 heterocycles. The van der Waals surface area contributed by atoms with E-state index in [1.54, 1.807) is 0 Å². The summed E-state index contributed by atoms with van der Waals surface area (Å²) >= 11 is 0. The highest BCUT2D eigenvalue weighted by molar-refractivity contribution is 6.25. The van der Waals surface area contributed by atoms with Gasteiger partial charge in [-0.15, -0.1) is 0 Å². The molecule has 5 nitrogen and oxygen atoms in total. The van der Waals surface area contributed by atoms with E-state index in [2.05, 4.69) is 161 Å². The highest BCUT2D eigenvalue weighted by Gasteiger charge is 2.24. The Kier molecular flexibility index (Phi) is 6.48. The highest BCUT2D eigenvalue weighted by Crippen LogP contribution is 2.44. The fourth-order valence-corrected chi connectivity index (χ4v) is 7.91. The summed E-state index contributed by atoms with van der Waals surface area (Å²) in [6.45, 7) is 0. The van der Waals surface area contributed by atoms with Crippen LogP contribution in [0.25, 0.3) is 100 Å². The summed E-state index contributed by atoms with van der Waals surface area (Å²) in [5.74, 6) is 0.922. The molecule has 0 saturated carbocycles. The van der Waals surface area contributed by atoms with Crippen LogP contribution in [-0.2, 0) is 0 Å². The molecule has 0 fully saturated rings. The van der Waals surface area contributed by atoms with Crippen molar-refractivity contribution in [3.8, 4) is 45.1 Å². The minimum absolute atomic E-state index is 0.813. The maximum absolute atomic E-state index is 6.60. The molecule has 11 aromatic rings. The zero-order chi connectivity index (χ0) is 34.9. The van der Waals surface area contributed by atoms with Gasteiger partial charge in [-0.2, -0.15) is 0 Å². The van der Waals surface area contributed by atoms with Crippen LogP contribution in [0.4, 0.5) is 0 Å². The van der Waals surface area contributed by atoms with Crippen molar-refractivity contribution in [2.75, 3.05) is 0 Å². The van der Waals surface area contributed by atoms with E-state index in [1.807, 2.05) is 30.3 Å². The summed E-state index contributed by atoms with van der Waals surface area (Å²) in [7, 11) is 0. The lowest BCUT2D eigenvalue weighted by molar-refractivity contribution is 0.672. The van der Waals surface area contributed by atoms with Gasteiger partial charge in [-0.3, -0.25) is 4.57 Å². The van der Waals surface area contributed by atoms with Gasteiger partial charge in [0.2, 0.25) is 0 Å². The number of aromatic nitrogens is 4. The molecule has 0 amide bonds. The van der Waals surface area contributed by atoms with E-state index in [4.69, 9.17) is 14.4 Å². The van der Waals surface area contributed by atoms with Crippen molar-refractivity contribution in [1.82, 2.24) is 19.1 Å². The van der Waals surface area contributed by atoms with Gasteiger partial charge in [-0.1, -0.05) is 127 Å². The van der Waals surface area contributed by atoms with Crippen molar-refractivity contribution in [2.24, 2.45) is 0 Å². The Hall–Kier alpha value is -7.24. The number of furan rings is 1. The van der Waals surface area contributed by atoms with Crippen LogP contribution in [-0.4, -0.2) is 19.1 Å². The minimum Gasteiger partial charge on any atom is -0.454 e. The highest BCUT2D eigenvalue weighted by atomic mass is 16.3. The molecule has 0 unspecified atom stereocenters. The first-order valence-corrected chi connectivity index (χ1v) is 17.8. The molecule has 5 heteroatoms. The molecule has 0 saturated heterocycles. The van der Waals surface area contributed by atoms with Crippen molar-refractivity contribution in [2.45, 2.75) is 0 Å². The van der Waals surface area contributed by atoms with Crippen LogP contribution in [0.5, 0.6) is 0 Å². The average molecular weight is 679 g/mol. The van der Waals surface area contributed by atoms with Crippen LogP contribution >= 0.6 is 0 Å². The maximum Gasteiger partial charge on any atom is 0.163 e. The second-order valence-electron chi connectivity index (χ2n) is 13.4. The first-order chi connectivity index (χ1) is 26.3. The lowest BCUT2D eigenvalue weighted by Gasteiger charge is -2.12. The van der Waals surface area contributed by atoms with E-state index < -0.39 is 0 Å². The normalized spacial score (nSPS) is 11.8. The molecule has 4 aromatic heterocycles. The van der Waals surface area contributed by atoms with Crippen LogP contribution < -0.4 is 0 Å². The first kappa shape index (κ1) is 29.5. The molecule has 0 aliphatic rings. The van der Waals surface area contributed by atoms with Gasteiger partial charge in [0.1, 0.15) is 16.9 Å². The molecule has 0 atom stereocenters. The molecule has 0 bridgehead atoms. The lowest BCUT2D eigenvalue weighted by Crippen LogP contribution is -1.97. The third-order valence-corrected chi connectivity index (χ3v) is 10.3. The summed E-state index contributed by atoms with van der Waals surface area (Å²) < 4.78 is 11.2. The topological polar surface area (TPSA) is 48.8 Å². The van der Waals surface area contributed by atoms with Gasteiger partial charge in [0.25, 0.3) is 0 Å². The maximum atomic E-state index is 6.60. The molecule has 0 radical (unpaired) electrons. The predicted octanol–water partition coefficient (Wildman–Crippen LogP) is 12.4. The SMILES string of the molecule is c1ccc(-n2c(-c3ccc(-c4ccc(-c5nc6c7ccccc7oc6c6c7ccccc7n(-c7ccccc7)c56)cc4)cc3)nc3ccccc32)cc1. The van der Waals surface area contributed by atoms with E-state index in [0.717, 1.165) is 100 Å². The van der Waals surface area contributed by atoms with E-state index >= 15 is 0 Å². The van der Waals surface area contributed by atoms with Gasteiger partial charge in [0.05, 0.1) is 33.1 Å². The Morgan fingerprint density at radius 3 is 1.68 bits per heavy atom. The fourth-order valence-electron chi connectivity index (χ4n) is 7.91. The zero-order valence-electron chi connectivity index (χ0n) is 28.5. The Labute approximate surface area is 304 Å². The van der Waals surface area contributed by atoms with Crippen molar-refractivity contribution in [1.29, 1.82) is 0 Å². The number of benzene rings is 7. The summed E-state index contributed by atoms with van der Waals surface area (Å²) in [5.41, 5.74) is 14.2. The third kappa shape index (κ3) is 4.57. The van der Waals surface area contributed by atoms with Crippen molar-refractivity contribution in [3.05, 3.63) is 182 Å². The van der Waals surface area contributed by atoms with Crippen LogP contribution in [0.15, 0.2) is 186 Å². The van der Waals surface area contributed by atoms with E-state index in [1.165, 1.54) is 0 Å². The third-order valence-electron chi connectivity index (χ3n) is 10.3. The molecule has 53 heavy (non-hydrogen) atoms. The van der Waals surface area contributed by atoms with Gasteiger partial charge in [0.15, 0.2) is 5.58 Å². The molecule has 11 rings (SSSR count). The monoisotopic (exact) mass is 678 g/mol. The van der Waals surface area contributed by atoms with E-state index in [-0.39, 0.29) is 0 Å². The fraction of sp³-hybridized carbons (Fsp3) is 0. The number of hydrogen-bond acceptors (Lipinski definition) is 3. The molecule has 0 aliphatic heterocycles. The number of para-hydroxylation sites is 6. The van der Waals surface area contributed by atoms with Crippen LogP contribution in [0.2, 0.25) is 0 Å². The Morgan fingerprint density at radius 1 is 0.415 bits per heavy atom. The number of fused-ring (bicyclic) bond motifs is 8. The summed E-state index contributed by atoms with van der Waals surface area (Å²) in [4.78, 5) is 10.5. The van der Waals surface area contributed by atoms with Crippen LogP contribution in [0, 0.1) is 0 Å². The summed E-state index contributed by atoms with van der Waals surface area (Å²) in [6, 6.07) is 63.5. The van der Waals surface area contributed by atoms with E-state index in [9.17, 15) is 0 Å². The Morgan fingerprint density at radius 2 is 0.962 bits per heavy atom. The molecule has 7 aromatic carbocycles. The molecule has 248 valence electrons. The van der Waals surface area contributed by atoms with Gasteiger partial charge < -0.3 is 8.98 Å². The van der Waals surface area contributed by atoms with Crippen molar-refractivity contribution >= 4 is 54.9 Å². The summed E-state index contributed by atoms with van der Waals surface area (Å²) in [6.07, 6.45) is 0. The number of rotatable bonds is 5. The number of nitrogens with zero attached hydrogens (tertiary/aromatic N) is 4. The van der Waals surface area contributed by atoms with Crippen LogP contribution in [0.1, 0.15) is 0 Å². The quantitative estimate of drug-likeness (QED) is 0.182. The smallest absolute Gasteiger partial charge is 0.163 e. The molecular weight excluding hydrogens is 649 g/mol. The standard InChI is InChI=1S/C48H30N4O/c1-3-13-35(14-4-1)51-40-20-10-7-17-37(40)43-46(51)44(50-45-38-18-8-12-22-42(38)53-47(43)45)33-27-23-31(24-28-33)32-25-29-34(30-26-32)48-49-39-19-9-11-21-41(39)52(48)36-15-5-2-6-16-36/h1-30H. The molecular formula is C48H30N4O. The van der Waals surface area contributed by atoms with Gasteiger partial charge in [0, 0.05) is 33.3 Å². The van der Waals surface area contributed by atoms with Crippen molar-refractivity contribution < 1.29 is 4.42 Å². The van der Waals surface area contributed by atoms with Crippen molar-refractivity contribution in [3.63, 3.8) is 0 Å². The number of hydrogen-bond donors (Lipinski definition) is 0. The first-order valence-electron chi connectivity index (χ1n) is 17.8. The largest absolute Gasteiger partial charge is 0.454 e. The van der Waals surface area contributed by atoms with Gasteiger partial charge >= 0.3 is 0 Å². The summed E-state index contributed by atoms with van der Waals surface area (Å²) in [5, 5.41) is 3.22. The van der Waals surface area contributed by atoms with Crippen LogP contribution in [0.3, 0.4) is 0 Å². The number of pyridine rings is 1. The number of imidazole rings is 1. The second-order valence-corrected chi connectivity index (χ2v) is 13.4. The lowest BCUT2D eigenvalue weighted by atomic mass is 10.00. The predicted molar refractivity (Wildman–Crippen MR) is 217 cm³/mol. The second kappa shape index (κ2) is 11.7. The molecule has 0 aliphatic carbocycles. The van der Waals surface area contributed by atoms with E-state index in [0.29, 0.717) is 0 Å². The zero-order valence-corrected chi connectivity index (χ0v) is 28.5. The minimum atomic E-state index is 0.813. The Balaban J connectivity index is 1.06. The molecule has 0 spiro atoms. The molecule has 0 N–H and O–H groups in total.